The van der Waals surface area contributed by atoms with Gasteiger partial charge in [0.1, 0.15) is 29.7 Å². The van der Waals surface area contributed by atoms with Gasteiger partial charge in [-0.15, -0.1) is 0 Å². The Morgan fingerprint density at radius 3 is 2.57 bits per heavy atom. The molecule has 0 aliphatic heterocycles. The first-order chi connectivity index (χ1) is 14.7. The minimum atomic E-state index is 0.907. The molecule has 3 aromatic heterocycles. The summed E-state index contributed by atoms with van der Waals surface area (Å²) in [7, 11) is 2.08. The van der Waals surface area contributed by atoms with E-state index < -0.39 is 0 Å². The molecule has 148 valence electrons. The molecule has 0 fully saturated rings. The Labute approximate surface area is 175 Å². The van der Waals surface area contributed by atoms with Gasteiger partial charge >= 0.3 is 0 Å². The Kier molecular flexibility index (Phi) is 3.85. The van der Waals surface area contributed by atoms with E-state index in [1.165, 1.54) is 24.0 Å². The fourth-order valence-electron chi connectivity index (χ4n) is 4.88. The Hall–Kier alpha value is -3.33. The zero-order valence-electron chi connectivity index (χ0n) is 17.4. The highest BCUT2D eigenvalue weighted by atomic mass is 16.4. The lowest BCUT2D eigenvalue weighted by atomic mass is 9.98. The van der Waals surface area contributed by atoms with E-state index in [0.29, 0.717) is 0 Å². The van der Waals surface area contributed by atoms with E-state index in [2.05, 4.69) is 73.3 Å². The van der Waals surface area contributed by atoms with Crippen molar-refractivity contribution >= 4 is 21.9 Å². The van der Waals surface area contributed by atoms with Crippen molar-refractivity contribution in [3.8, 4) is 22.6 Å². The molecule has 5 aromatic rings. The van der Waals surface area contributed by atoms with E-state index in [-0.39, 0.29) is 0 Å². The summed E-state index contributed by atoms with van der Waals surface area (Å²) in [4.78, 5) is 0. The van der Waals surface area contributed by atoms with Crippen LogP contribution in [-0.4, -0.2) is 0 Å². The third kappa shape index (κ3) is 2.55. The molecule has 1 aliphatic carbocycles. The van der Waals surface area contributed by atoms with Gasteiger partial charge in [0.25, 0.3) is 0 Å². The summed E-state index contributed by atoms with van der Waals surface area (Å²) in [6, 6.07) is 19.2. The van der Waals surface area contributed by atoms with Crippen LogP contribution in [0.15, 0.2) is 69.6 Å². The molecule has 3 heteroatoms. The lowest BCUT2D eigenvalue weighted by molar-refractivity contribution is -0.660. The highest BCUT2D eigenvalue weighted by Crippen LogP contribution is 2.41. The largest absolute Gasteiger partial charge is 0.461 e. The van der Waals surface area contributed by atoms with Crippen molar-refractivity contribution in [1.82, 2.24) is 0 Å². The van der Waals surface area contributed by atoms with Crippen LogP contribution in [0.1, 0.15) is 29.7 Å². The van der Waals surface area contributed by atoms with E-state index in [1.54, 1.807) is 0 Å². The van der Waals surface area contributed by atoms with E-state index >= 15 is 0 Å². The predicted molar refractivity (Wildman–Crippen MR) is 119 cm³/mol. The van der Waals surface area contributed by atoms with Gasteiger partial charge in [-0.3, -0.25) is 0 Å². The van der Waals surface area contributed by atoms with Gasteiger partial charge in [-0.2, -0.15) is 0 Å². The Morgan fingerprint density at radius 1 is 0.833 bits per heavy atom. The molecule has 0 saturated carbocycles. The fourth-order valence-corrected chi connectivity index (χ4v) is 4.88. The summed E-state index contributed by atoms with van der Waals surface area (Å²) >= 11 is 0. The maximum atomic E-state index is 6.62. The van der Waals surface area contributed by atoms with Gasteiger partial charge < -0.3 is 8.83 Å². The minimum absolute atomic E-state index is 0.907. The van der Waals surface area contributed by atoms with Crippen LogP contribution >= 0.6 is 0 Å². The Morgan fingerprint density at radius 2 is 1.70 bits per heavy atom. The molecular formula is C27H24NO2+. The molecule has 0 N–H and O–H groups in total. The molecule has 3 nitrogen and oxygen atoms in total. The van der Waals surface area contributed by atoms with Crippen LogP contribution in [0.4, 0.5) is 0 Å². The minimum Gasteiger partial charge on any atom is -0.461 e. The summed E-state index contributed by atoms with van der Waals surface area (Å²) in [5, 5.41) is 2.28. The van der Waals surface area contributed by atoms with Crippen molar-refractivity contribution in [1.29, 1.82) is 0 Å². The summed E-state index contributed by atoms with van der Waals surface area (Å²) < 4.78 is 15.1. The monoisotopic (exact) mass is 394 g/mol. The number of pyridine rings is 1. The summed E-state index contributed by atoms with van der Waals surface area (Å²) in [6.07, 6.45) is 6.69. The van der Waals surface area contributed by atoms with Gasteiger partial charge in [-0.25, -0.2) is 4.57 Å². The number of benzene rings is 2. The zero-order chi connectivity index (χ0) is 20.2. The number of aromatic nitrogens is 1. The number of furan rings is 2. The maximum Gasteiger partial charge on any atom is 0.216 e. The van der Waals surface area contributed by atoms with E-state index in [4.69, 9.17) is 8.83 Å². The van der Waals surface area contributed by atoms with Crippen LogP contribution in [-0.2, 0) is 19.9 Å². The van der Waals surface area contributed by atoms with Crippen molar-refractivity contribution in [2.24, 2.45) is 7.05 Å². The Balaban J connectivity index is 1.64. The number of hydrogen-bond acceptors (Lipinski definition) is 2. The lowest BCUT2D eigenvalue weighted by Crippen LogP contribution is -2.30. The number of nitrogens with zero attached hydrogens (tertiary/aromatic N) is 1. The topological polar surface area (TPSA) is 30.2 Å². The normalized spacial score (nSPS) is 13.8. The molecule has 0 saturated heterocycles. The number of hydrogen-bond donors (Lipinski definition) is 0. The molecule has 0 radical (unpaired) electrons. The summed E-state index contributed by atoms with van der Waals surface area (Å²) in [5.41, 5.74) is 7.75. The van der Waals surface area contributed by atoms with Crippen molar-refractivity contribution < 1.29 is 13.4 Å². The van der Waals surface area contributed by atoms with Crippen molar-refractivity contribution in [2.45, 2.75) is 32.6 Å². The quantitative estimate of drug-likeness (QED) is 0.319. The van der Waals surface area contributed by atoms with Crippen LogP contribution in [0.2, 0.25) is 0 Å². The number of para-hydroxylation sites is 1. The van der Waals surface area contributed by atoms with Crippen LogP contribution in [0.25, 0.3) is 44.5 Å². The van der Waals surface area contributed by atoms with Crippen LogP contribution in [0, 0.1) is 6.92 Å². The van der Waals surface area contributed by atoms with E-state index in [0.717, 1.165) is 63.1 Å². The molecule has 1 aliphatic rings. The lowest BCUT2D eigenvalue weighted by Gasteiger charge is -2.07. The zero-order valence-corrected chi connectivity index (χ0v) is 17.4. The smallest absolute Gasteiger partial charge is 0.216 e. The second-order valence-corrected chi connectivity index (χ2v) is 8.38. The molecule has 0 bridgehead atoms. The first kappa shape index (κ1) is 17.5. The van der Waals surface area contributed by atoms with Gasteiger partial charge in [0.2, 0.25) is 5.69 Å². The highest BCUT2D eigenvalue weighted by molar-refractivity contribution is 6.12. The summed E-state index contributed by atoms with van der Waals surface area (Å²) in [6.45, 7) is 2.15. The second-order valence-electron chi connectivity index (χ2n) is 8.38. The first-order valence-corrected chi connectivity index (χ1v) is 10.7. The number of rotatable bonds is 2. The van der Waals surface area contributed by atoms with E-state index in [1.807, 2.05) is 6.07 Å². The van der Waals surface area contributed by atoms with Crippen LogP contribution < -0.4 is 4.57 Å². The maximum absolute atomic E-state index is 6.62. The SMILES string of the molecule is Cc1ccc2c(oc3c(-c4cc5c(o4)CCCC5)cccc32)c1-c1cccc[n+]1C. The third-order valence-corrected chi connectivity index (χ3v) is 6.45. The molecule has 2 aromatic carbocycles. The standard InChI is InChI=1S/C27H24NO2/c1-17-13-14-20-19-9-7-10-21(24-16-18-8-3-4-12-23(18)29-24)26(19)30-27(20)25(17)22-11-5-6-15-28(22)2/h5-7,9-11,13-16H,3-4,8,12H2,1-2H3/q+1. The average molecular weight is 394 g/mol. The molecule has 30 heavy (non-hydrogen) atoms. The fraction of sp³-hybridized carbons (Fsp3) is 0.222. The van der Waals surface area contributed by atoms with Crippen molar-refractivity contribution in [3.05, 3.63) is 77.7 Å². The molecule has 0 spiro atoms. The molecule has 0 unspecified atom stereocenters. The van der Waals surface area contributed by atoms with Gasteiger partial charge in [0.05, 0.1) is 11.1 Å². The predicted octanol–water partition coefficient (Wildman–Crippen LogP) is 6.52. The van der Waals surface area contributed by atoms with Crippen molar-refractivity contribution in [3.63, 3.8) is 0 Å². The molecule has 6 rings (SSSR count). The molecule has 0 amide bonds. The van der Waals surface area contributed by atoms with Gasteiger partial charge in [-0.05, 0) is 55.5 Å². The third-order valence-electron chi connectivity index (χ3n) is 6.45. The molecule has 3 heterocycles. The molecular weight excluding hydrogens is 370 g/mol. The second kappa shape index (κ2) is 6.60. The van der Waals surface area contributed by atoms with Crippen LogP contribution in [0.3, 0.4) is 0 Å². The van der Waals surface area contributed by atoms with Gasteiger partial charge in [0.15, 0.2) is 6.20 Å². The van der Waals surface area contributed by atoms with Crippen molar-refractivity contribution in [2.75, 3.05) is 0 Å². The molecule has 0 atom stereocenters. The Bertz CT molecular complexity index is 1400. The highest BCUT2D eigenvalue weighted by Gasteiger charge is 2.23. The van der Waals surface area contributed by atoms with Gasteiger partial charge in [0, 0.05) is 29.3 Å². The average Bonchev–Trinajstić information content (AvgIpc) is 3.35. The number of fused-ring (bicyclic) bond motifs is 4. The number of aryl methyl sites for hydroxylation is 4. The first-order valence-electron chi connectivity index (χ1n) is 10.7. The van der Waals surface area contributed by atoms with Crippen LogP contribution in [0.5, 0.6) is 0 Å². The van der Waals surface area contributed by atoms with E-state index in [9.17, 15) is 0 Å². The summed E-state index contributed by atoms with van der Waals surface area (Å²) in [5.74, 6) is 2.08. The van der Waals surface area contributed by atoms with Gasteiger partial charge in [-0.1, -0.05) is 24.3 Å².